The highest BCUT2D eigenvalue weighted by Crippen LogP contribution is 1.92. The first-order valence-electron chi connectivity index (χ1n) is 7.49. The van der Waals surface area contributed by atoms with E-state index in [1.54, 1.807) is 0 Å². The quantitative estimate of drug-likeness (QED) is 0.303. The Balaban J connectivity index is 0.000000676. The largest absolute Gasteiger partial charge is 0.481 e. The van der Waals surface area contributed by atoms with Crippen LogP contribution in [0.5, 0.6) is 0 Å². The number of benzene rings is 1. The van der Waals surface area contributed by atoms with E-state index < -0.39 is 30.2 Å². The molecule has 1 aromatic rings. The molecule has 25 heavy (non-hydrogen) atoms. The SMILES string of the molecule is Cc1ccccc1.O=CNC(CC(=O)O)C(=O)NCC(=O)NCCS. The van der Waals surface area contributed by atoms with Gasteiger partial charge in [0.15, 0.2) is 0 Å². The Bertz CT molecular complexity index is 554. The molecule has 0 aliphatic carbocycles. The number of aryl methyl sites for hydroxylation is 1. The molecule has 0 aliphatic heterocycles. The number of hydrogen-bond donors (Lipinski definition) is 5. The number of carbonyl (C=O) groups excluding carboxylic acids is 3. The van der Waals surface area contributed by atoms with Gasteiger partial charge in [-0.1, -0.05) is 35.9 Å². The first kappa shape index (κ1) is 22.4. The fourth-order valence-corrected chi connectivity index (χ4v) is 1.68. The second-order valence-corrected chi connectivity index (χ2v) is 5.33. The summed E-state index contributed by atoms with van der Waals surface area (Å²) < 4.78 is 0. The molecule has 0 saturated heterocycles. The van der Waals surface area contributed by atoms with Gasteiger partial charge in [0.1, 0.15) is 6.04 Å². The molecule has 0 aromatic heterocycles. The third-order valence-electron chi connectivity index (χ3n) is 2.76. The zero-order chi connectivity index (χ0) is 19.1. The van der Waals surface area contributed by atoms with E-state index in [9.17, 15) is 19.2 Å². The molecule has 4 N–H and O–H groups in total. The van der Waals surface area contributed by atoms with Crippen molar-refractivity contribution in [3.8, 4) is 0 Å². The van der Waals surface area contributed by atoms with E-state index in [2.05, 4.69) is 47.6 Å². The van der Waals surface area contributed by atoms with Crippen molar-refractivity contribution in [2.75, 3.05) is 18.8 Å². The molecular formula is C16H23N3O5S. The van der Waals surface area contributed by atoms with Crippen LogP contribution in [0, 0.1) is 6.92 Å². The fourth-order valence-electron chi connectivity index (χ4n) is 1.57. The maximum atomic E-state index is 11.5. The minimum absolute atomic E-state index is 0.230. The van der Waals surface area contributed by atoms with Crippen LogP contribution in [0.4, 0.5) is 0 Å². The van der Waals surface area contributed by atoms with Crippen LogP contribution in [-0.2, 0) is 19.2 Å². The van der Waals surface area contributed by atoms with Crippen LogP contribution >= 0.6 is 12.6 Å². The fraction of sp³-hybridized carbons (Fsp3) is 0.375. The van der Waals surface area contributed by atoms with E-state index in [-0.39, 0.29) is 13.0 Å². The summed E-state index contributed by atoms with van der Waals surface area (Å²) in [5.41, 5.74) is 1.32. The Hall–Kier alpha value is -2.55. The molecule has 0 bridgehead atoms. The second-order valence-electron chi connectivity index (χ2n) is 4.88. The average molecular weight is 369 g/mol. The van der Waals surface area contributed by atoms with E-state index >= 15 is 0 Å². The molecule has 8 nitrogen and oxygen atoms in total. The normalized spacial score (nSPS) is 10.5. The summed E-state index contributed by atoms with van der Waals surface area (Å²) in [6.07, 6.45) is -0.322. The standard InChI is InChI=1S/C9H15N3O5S.C7H8/c13-5-12-6(3-8(15)16)9(17)11-4-7(14)10-1-2-18;1-7-5-3-2-4-6-7/h5-6,18H,1-4H2,(H,10,14)(H,11,17)(H,12,13)(H,15,16);2-6H,1H3. The molecule has 1 atom stereocenters. The van der Waals surface area contributed by atoms with Gasteiger partial charge in [-0.15, -0.1) is 0 Å². The number of nitrogens with one attached hydrogen (secondary N) is 3. The molecule has 9 heteroatoms. The number of thiol groups is 1. The summed E-state index contributed by atoms with van der Waals surface area (Å²) in [4.78, 5) is 43.3. The number of rotatable bonds is 9. The van der Waals surface area contributed by atoms with E-state index in [4.69, 9.17) is 5.11 Å². The monoisotopic (exact) mass is 369 g/mol. The van der Waals surface area contributed by atoms with Gasteiger partial charge in [-0.3, -0.25) is 19.2 Å². The van der Waals surface area contributed by atoms with Crippen molar-refractivity contribution < 1.29 is 24.3 Å². The Kier molecular flexibility index (Phi) is 12.4. The summed E-state index contributed by atoms with van der Waals surface area (Å²) in [7, 11) is 0. The highest BCUT2D eigenvalue weighted by atomic mass is 32.1. The van der Waals surface area contributed by atoms with Crippen LogP contribution in [0.2, 0.25) is 0 Å². The maximum Gasteiger partial charge on any atom is 0.305 e. The minimum Gasteiger partial charge on any atom is -0.481 e. The molecule has 0 heterocycles. The maximum absolute atomic E-state index is 11.5. The predicted octanol–water partition coefficient (Wildman–Crippen LogP) is -0.267. The molecule has 1 aromatic carbocycles. The van der Waals surface area contributed by atoms with Crippen LogP contribution in [0.25, 0.3) is 0 Å². The minimum atomic E-state index is -1.23. The zero-order valence-electron chi connectivity index (χ0n) is 13.9. The first-order valence-corrected chi connectivity index (χ1v) is 8.12. The molecule has 1 unspecified atom stereocenters. The van der Waals surface area contributed by atoms with E-state index in [1.165, 1.54) is 5.56 Å². The van der Waals surface area contributed by atoms with Gasteiger partial charge in [0.05, 0.1) is 13.0 Å². The van der Waals surface area contributed by atoms with Crippen molar-refractivity contribution in [1.29, 1.82) is 0 Å². The number of amides is 3. The van der Waals surface area contributed by atoms with Gasteiger partial charge < -0.3 is 21.1 Å². The van der Waals surface area contributed by atoms with Gasteiger partial charge in [-0.2, -0.15) is 12.6 Å². The van der Waals surface area contributed by atoms with Gasteiger partial charge >= 0.3 is 5.97 Å². The Labute approximate surface area is 151 Å². The van der Waals surface area contributed by atoms with Gasteiger partial charge in [0.2, 0.25) is 18.2 Å². The van der Waals surface area contributed by atoms with Crippen molar-refractivity contribution in [2.45, 2.75) is 19.4 Å². The summed E-state index contributed by atoms with van der Waals surface area (Å²) in [5, 5.41) is 15.3. The lowest BCUT2D eigenvalue weighted by molar-refractivity contribution is -0.140. The highest BCUT2D eigenvalue weighted by Gasteiger charge is 2.21. The van der Waals surface area contributed by atoms with E-state index in [0.717, 1.165) is 0 Å². The lowest BCUT2D eigenvalue weighted by Crippen LogP contribution is -2.47. The summed E-state index contributed by atoms with van der Waals surface area (Å²) in [6, 6.07) is 9.06. The first-order chi connectivity index (χ1) is 11.9. The van der Waals surface area contributed by atoms with Crippen LogP contribution in [0.1, 0.15) is 12.0 Å². The van der Waals surface area contributed by atoms with Gasteiger partial charge in [-0.05, 0) is 6.92 Å². The van der Waals surface area contributed by atoms with Crippen molar-refractivity contribution in [3.05, 3.63) is 35.9 Å². The van der Waals surface area contributed by atoms with Gasteiger partial charge in [0.25, 0.3) is 0 Å². The summed E-state index contributed by atoms with van der Waals surface area (Å²) in [6.45, 7) is 2.16. The van der Waals surface area contributed by atoms with Crippen molar-refractivity contribution in [2.24, 2.45) is 0 Å². The molecule has 0 aliphatic rings. The second kappa shape index (κ2) is 13.8. The molecule has 138 valence electrons. The lowest BCUT2D eigenvalue weighted by atomic mass is 10.2. The van der Waals surface area contributed by atoms with Crippen molar-refractivity contribution in [1.82, 2.24) is 16.0 Å². The molecule has 3 amide bonds. The molecule has 0 saturated carbocycles. The Morgan fingerprint density at radius 2 is 1.84 bits per heavy atom. The topological polar surface area (TPSA) is 125 Å². The van der Waals surface area contributed by atoms with Crippen molar-refractivity contribution in [3.63, 3.8) is 0 Å². The van der Waals surface area contributed by atoms with Crippen LogP contribution < -0.4 is 16.0 Å². The lowest BCUT2D eigenvalue weighted by Gasteiger charge is -2.13. The molecule has 0 radical (unpaired) electrons. The molecular weight excluding hydrogens is 346 g/mol. The van der Waals surface area contributed by atoms with Gasteiger partial charge in [-0.25, -0.2) is 0 Å². The summed E-state index contributed by atoms with van der Waals surface area (Å²) in [5.74, 6) is -1.92. The summed E-state index contributed by atoms with van der Waals surface area (Å²) >= 11 is 3.89. The number of aliphatic carboxylic acids is 1. The van der Waals surface area contributed by atoms with E-state index in [0.29, 0.717) is 12.3 Å². The van der Waals surface area contributed by atoms with Gasteiger partial charge in [0, 0.05) is 12.3 Å². The van der Waals surface area contributed by atoms with Crippen LogP contribution in [0.15, 0.2) is 30.3 Å². The zero-order valence-corrected chi connectivity index (χ0v) is 14.8. The third-order valence-corrected chi connectivity index (χ3v) is 2.99. The van der Waals surface area contributed by atoms with Crippen molar-refractivity contribution >= 4 is 36.8 Å². The molecule has 0 fully saturated rings. The number of carbonyl (C=O) groups is 4. The molecule has 1 rings (SSSR count). The number of carboxylic acids is 1. The average Bonchev–Trinajstić information content (AvgIpc) is 2.58. The molecule has 0 spiro atoms. The Morgan fingerprint density at radius 3 is 2.28 bits per heavy atom. The highest BCUT2D eigenvalue weighted by molar-refractivity contribution is 7.80. The predicted molar refractivity (Wildman–Crippen MR) is 96.3 cm³/mol. The smallest absolute Gasteiger partial charge is 0.305 e. The van der Waals surface area contributed by atoms with Crippen LogP contribution in [0.3, 0.4) is 0 Å². The number of hydrogen-bond acceptors (Lipinski definition) is 5. The Morgan fingerprint density at radius 1 is 1.20 bits per heavy atom. The third kappa shape index (κ3) is 12.5. The van der Waals surface area contributed by atoms with Crippen LogP contribution in [-0.4, -0.2) is 54.2 Å². The number of carboxylic acid groups (broad SMARTS) is 1. The van der Waals surface area contributed by atoms with E-state index in [1.807, 2.05) is 18.2 Å².